The van der Waals surface area contributed by atoms with E-state index >= 15 is 0 Å². The van der Waals surface area contributed by atoms with Gasteiger partial charge in [-0.3, -0.25) is 0 Å². The Morgan fingerprint density at radius 3 is 2.81 bits per heavy atom. The molecule has 1 aromatic heterocycles. The van der Waals surface area contributed by atoms with Crippen molar-refractivity contribution in [2.24, 2.45) is 0 Å². The molecule has 0 fully saturated rings. The zero-order chi connectivity index (χ0) is 14.9. The van der Waals surface area contributed by atoms with E-state index in [1.54, 1.807) is 12.3 Å². The second kappa shape index (κ2) is 7.99. The van der Waals surface area contributed by atoms with Crippen LogP contribution in [0, 0.1) is 6.92 Å². The van der Waals surface area contributed by atoms with Crippen LogP contribution in [0.5, 0.6) is 5.75 Å². The number of carbonyl (C=O) groups is 1. The van der Waals surface area contributed by atoms with Gasteiger partial charge in [0.05, 0.1) is 19.4 Å². The van der Waals surface area contributed by atoms with Gasteiger partial charge in [-0.25, -0.2) is 4.79 Å². The third-order valence-corrected chi connectivity index (χ3v) is 2.96. The molecule has 0 radical (unpaired) electrons. The van der Waals surface area contributed by atoms with Crippen LogP contribution >= 0.6 is 0 Å². The lowest BCUT2D eigenvalue weighted by atomic mass is 10.2. The fourth-order valence-corrected chi connectivity index (χ4v) is 1.82. The summed E-state index contributed by atoms with van der Waals surface area (Å²) in [5, 5.41) is 5.49. The highest BCUT2D eigenvalue weighted by Crippen LogP contribution is 2.15. The van der Waals surface area contributed by atoms with Gasteiger partial charge in [-0.2, -0.15) is 0 Å². The molecule has 0 spiro atoms. The molecule has 0 aliphatic carbocycles. The molecule has 0 saturated carbocycles. The van der Waals surface area contributed by atoms with Gasteiger partial charge in [0.15, 0.2) is 0 Å². The molecule has 5 nitrogen and oxygen atoms in total. The minimum atomic E-state index is -0.206. The number of para-hydroxylation sites is 1. The maximum absolute atomic E-state index is 11.5. The van der Waals surface area contributed by atoms with Crippen molar-refractivity contribution in [3.05, 3.63) is 54.0 Å². The Balaban J connectivity index is 1.55. The molecule has 0 aliphatic rings. The number of carbonyl (C=O) groups excluding carboxylic acids is 1. The van der Waals surface area contributed by atoms with Crippen molar-refractivity contribution < 1.29 is 13.9 Å². The first-order valence-corrected chi connectivity index (χ1v) is 6.98. The second-order valence-corrected chi connectivity index (χ2v) is 4.66. The Bertz CT molecular complexity index is 552. The summed E-state index contributed by atoms with van der Waals surface area (Å²) < 4.78 is 10.8. The average Bonchev–Trinajstić information content (AvgIpc) is 3.00. The maximum atomic E-state index is 11.5. The first-order valence-electron chi connectivity index (χ1n) is 6.98. The topological polar surface area (TPSA) is 63.5 Å². The van der Waals surface area contributed by atoms with E-state index in [1.165, 1.54) is 0 Å². The molecule has 2 rings (SSSR count). The zero-order valence-corrected chi connectivity index (χ0v) is 12.1. The lowest BCUT2D eigenvalue weighted by Gasteiger charge is -2.09. The van der Waals surface area contributed by atoms with Crippen LogP contribution in [0.15, 0.2) is 47.1 Å². The van der Waals surface area contributed by atoms with Crippen LogP contribution in [-0.2, 0) is 6.54 Å². The van der Waals surface area contributed by atoms with Crippen LogP contribution in [0.3, 0.4) is 0 Å². The lowest BCUT2D eigenvalue weighted by Crippen LogP contribution is -2.35. The van der Waals surface area contributed by atoms with Gasteiger partial charge >= 0.3 is 6.03 Å². The van der Waals surface area contributed by atoms with Gasteiger partial charge < -0.3 is 19.8 Å². The third-order valence-electron chi connectivity index (χ3n) is 2.96. The van der Waals surface area contributed by atoms with Crippen LogP contribution < -0.4 is 15.4 Å². The number of amides is 2. The van der Waals surface area contributed by atoms with E-state index in [-0.39, 0.29) is 6.03 Å². The minimum Gasteiger partial charge on any atom is -0.493 e. The van der Waals surface area contributed by atoms with Crippen molar-refractivity contribution in [2.75, 3.05) is 13.2 Å². The Labute approximate surface area is 124 Å². The molecular formula is C16H20N2O3. The van der Waals surface area contributed by atoms with Crippen LogP contribution in [0.25, 0.3) is 0 Å². The third kappa shape index (κ3) is 5.22. The summed E-state index contributed by atoms with van der Waals surface area (Å²) in [7, 11) is 0. The Kier molecular flexibility index (Phi) is 5.70. The summed E-state index contributed by atoms with van der Waals surface area (Å²) in [6, 6.07) is 11.3. The minimum absolute atomic E-state index is 0.206. The Morgan fingerprint density at radius 2 is 2.05 bits per heavy atom. The number of furan rings is 1. The molecule has 0 bridgehead atoms. The molecule has 0 atom stereocenters. The van der Waals surface area contributed by atoms with E-state index in [0.717, 1.165) is 23.5 Å². The van der Waals surface area contributed by atoms with E-state index < -0.39 is 0 Å². The van der Waals surface area contributed by atoms with Crippen molar-refractivity contribution in [1.29, 1.82) is 0 Å². The molecule has 5 heteroatoms. The normalized spacial score (nSPS) is 10.1. The smallest absolute Gasteiger partial charge is 0.315 e. The lowest BCUT2D eigenvalue weighted by molar-refractivity contribution is 0.237. The van der Waals surface area contributed by atoms with Crippen molar-refractivity contribution in [2.45, 2.75) is 19.9 Å². The number of hydrogen-bond acceptors (Lipinski definition) is 3. The van der Waals surface area contributed by atoms with Crippen molar-refractivity contribution in [3.8, 4) is 5.75 Å². The van der Waals surface area contributed by atoms with E-state index in [9.17, 15) is 4.79 Å². The first kappa shape index (κ1) is 15.0. The largest absolute Gasteiger partial charge is 0.493 e. The van der Waals surface area contributed by atoms with E-state index in [0.29, 0.717) is 19.7 Å². The quantitative estimate of drug-likeness (QED) is 0.770. The van der Waals surface area contributed by atoms with Crippen molar-refractivity contribution >= 4 is 6.03 Å². The molecular weight excluding hydrogens is 268 g/mol. The summed E-state index contributed by atoms with van der Waals surface area (Å²) in [6.07, 6.45) is 2.33. The molecule has 1 aromatic carbocycles. The molecule has 0 saturated heterocycles. The summed E-state index contributed by atoms with van der Waals surface area (Å²) >= 11 is 0. The van der Waals surface area contributed by atoms with Crippen LogP contribution in [-0.4, -0.2) is 19.2 Å². The van der Waals surface area contributed by atoms with Gasteiger partial charge in [0, 0.05) is 6.54 Å². The van der Waals surface area contributed by atoms with E-state index in [2.05, 4.69) is 10.6 Å². The standard InChI is InChI=1S/C16H20N2O3/c1-13-6-2-3-8-15(13)21-11-5-9-17-16(19)18-12-14-7-4-10-20-14/h2-4,6-8,10H,5,9,11-12H2,1H3,(H2,17,18,19). The molecule has 2 aromatic rings. The predicted molar refractivity (Wildman–Crippen MR) is 80.2 cm³/mol. The summed E-state index contributed by atoms with van der Waals surface area (Å²) in [6.45, 7) is 3.54. The monoisotopic (exact) mass is 288 g/mol. The van der Waals surface area contributed by atoms with Gasteiger partial charge in [-0.1, -0.05) is 18.2 Å². The van der Waals surface area contributed by atoms with Gasteiger partial charge in [0.1, 0.15) is 11.5 Å². The highest BCUT2D eigenvalue weighted by molar-refractivity contribution is 5.73. The van der Waals surface area contributed by atoms with Gasteiger partial charge in [-0.15, -0.1) is 0 Å². The van der Waals surface area contributed by atoms with Gasteiger partial charge in [0.2, 0.25) is 0 Å². The Hall–Kier alpha value is -2.43. The number of benzene rings is 1. The van der Waals surface area contributed by atoms with E-state index in [4.69, 9.17) is 9.15 Å². The average molecular weight is 288 g/mol. The number of nitrogens with one attached hydrogen (secondary N) is 2. The summed E-state index contributed by atoms with van der Waals surface area (Å²) in [5.41, 5.74) is 1.11. The van der Waals surface area contributed by atoms with Crippen LogP contribution in [0.1, 0.15) is 17.7 Å². The molecule has 21 heavy (non-hydrogen) atoms. The number of aryl methyl sites for hydroxylation is 1. The fourth-order valence-electron chi connectivity index (χ4n) is 1.82. The van der Waals surface area contributed by atoms with Crippen molar-refractivity contribution in [1.82, 2.24) is 10.6 Å². The highest BCUT2D eigenvalue weighted by Gasteiger charge is 2.02. The number of hydrogen-bond donors (Lipinski definition) is 2. The molecule has 112 valence electrons. The molecule has 0 unspecified atom stereocenters. The molecule has 1 heterocycles. The Morgan fingerprint density at radius 1 is 1.19 bits per heavy atom. The summed E-state index contributed by atoms with van der Waals surface area (Å²) in [4.78, 5) is 11.5. The van der Waals surface area contributed by atoms with Crippen LogP contribution in [0.4, 0.5) is 4.79 Å². The van der Waals surface area contributed by atoms with Gasteiger partial charge in [-0.05, 0) is 37.1 Å². The number of rotatable bonds is 7. The van der Waals surface area contributed by atoms with Gasteiger partial charge in [0.25, 0.3) is 0 Å². The fraction of sp³-hybridized carbons (Fsp3) is 0.312. The molecule has 2 amide bonds. The zero-order valence-electron chi connectivity index (χ0n) is 12.1. The number of urea groups is 1. The van der Waals surface area contributed by atoms with E-state index in [1.807, 2.05) is 37.3 Å². The van der Waals surface area contributed by atoms with Crippen LogP contribution in [0.2, 0.25) is 0 Å². The summed E-state index contributed by atoms with van der Waals surface area (Å²) in [5.74, 6) is 1.62. The highest BCUT2D eigenvalue weighted by atomic mass is 16.5. The molecule has 0 aliphatic heterocycles. The SMILES string of the molecule is Cc1ccccc1OCCCNC(=O)NCc1ccco1. The second-order valence-electron chi connectivity index (χ2n) is 4.66. The number of ether oxygens (including phenoxy) is 1. The predicted octanol–water partition coefficient (Wildman–Crippen LogP) is 2.86. The maximum Gasteiger partial charge on any atom is 0.315 e. The first-order chi connectivity index (χ1) is 10.3. The van der Waals surface area contributed by atoms with Crippen molar-refractivity contribution in [3.63, 3.8) is 0 Å². The molecule has 2 N–H and O–H groups in total.